The molecule has 0 radical (unpaired) electrons. The summed E-state index contributed by atoms with van der Waals surface area (Å²) < 4.78 is 64.1. The second-order valence-electron chi connectivity index (χ2n) is 19.1. The van der Waals surface area contributed by atoms with Crippen molar-refractivity contribution in [1.82, 2.24) is 0 Å². The fraction of sp³-hybridized carbons (Fsp3) is 0.771. The van der Waals surface area contributed by atoms with Gasteiger partial charge in [-0.05, 0) is 62.8 Å². The minimum Gasteiger partial charge on any atom is -0.462 e. The summed E-state index contributed by atoms with van der Waals surface area (Å²) in [4.78, 5) is 19.5. The SMILES string of the molecule is CCC(C)[C@H]1O[C@]2(C=C[C@@H]1C)C[C@@H]1C[C@@H](C/C=C(\C)[C@@H](O[C@H]3C[C@H](OC)[C@@H](O[C@H]4C[C@H](OC)[C@@H](ON)[C@H](C)O4)[C@H](C)O3)[C@@H](C)/C=C/C=C3\CO[C@@H]4[C@H](O)C(C)=C[C@@H](C(=O)O1)[C@]34O)O2. The Morgan fingerprint density at radius 3 is 2.27 bits per heavy atom. The number of carbonyl (C=O) groups excluding carboxylic acids is 1. The Labute approximate surface area is 373 Å². The summed E-state index contributed by atoms with van der Waals surface area (Å²) in [6.45, 7) is 16.2. The number of fused-ring (bicyclic) bond motifs is 2. The Bertz CT molecular complexity index is 1750. The summed E-state index contributed by atoms with van der Waals surface area (Å²) >= 11 is 0. The first-order valence-corrected chi connectivity index (χ1v) is 23.1. The fourth-order valence-electron chi connectivity index (χ4n) is 10.7. The fourth-order valence-corrected chi connectivity index (χ4v) is 10.7. The van der Waals surface area contributed by atoms with E-state index in [2.05, 4.69) is 39.8 Å². The van der Waals surface area contributed by atoms with Gasteiger partial charge in [0, 0.05) is 51.7 Å². The number of ether oxygens (including phenoxy) is 10. The number of methoxy groups -OCH3 is 2. The third-order valence-electron chi connectivity index (χ3n) is 14.6. The molecule has 6 heterocycles. The lowest BCUT2D eigenvalue weighted by molar-refractivity contribution is -0.321. The zero-order valence-corrected chi connectivity index (χ0v) is 38.8. The van der Waals surface area contributed by atoms with E-state index in [0.717, 1.165) is 12.0 Å². The molecule has 15 nitrogen and oxygen atoms in total. The third-order valence-corrected chi connectivity index (χ3v) is 14.6. The van der Waals surface area contributed by atoms with E-state index in [1.807, 2.05) is 39.0 Å². The van der Waals surface area contributed by atoms with Crippen LogP contribution in [0.15, 0.2) is 59.3 Å². The van der Waals surface area contributed by atoms with Gasteiger partial charge in [0.25, 0.3) is 0 Å². The van der Waals surface area contributed by atoms with Crippen LogP contribution >= 0.6 is 0 Å². The van der Waals surface area contributed by atoms with Gasteiger partial charge in [-0.3, -0.25) is 9.63 Å². The molecule has 4 N–H and O–H groups in total. The molecule has 0 aromatic heterocycles. The number of esters is 1. The third kappa shape index (κ3) is 10.0. The van der Waals surface area contributed by atoms with Crippen LogP contribution in [0, 0.1) is 23.7 Å². The molecule has 0 saturated carbocycles. The van der Waals surface area contributed by atoms with Gasteiger partial charge in [0.15, 0.2) is 18.4 Å². The maximum absolute atomic E-state index is 14.4. The molecule has 4 fully saturated rings. The molecule has 7 aliphatic rings. The molecule has 1 spiro atoms. The quantitative estimate of drug-likeness (QED) is 0.154. The van der Waals surface area contributed by atoms with Gasteiger partial charge >= 0.3 is 5.97 Å². The van der Waals surface area contributed by atoms with Gasteiger partial charge in [-0.15, -0.1) is 0 Å². The van der Waals surface area contributed by atoms with Crippen molar-refractivity contribution >= 4 is 5.97 Å². The van der Waals surface area contributed by atoms with Gasteiger partial charge in [-0.2, -0.15) is 0 Å². The van der Waals surface area contributed by atoms with Crippen molar-refractivity contribution in [2.45, 2.75) is 191 Å². The van der Waals surface area contributed by atoms with Crippen LogP contribution in [0.1, 0.15) is 93.9 Å². The highest BCUT2D eigenvalue weighted by molar-refractivity contribution is 5.78. The number of allylic oxidation sites excluding steroid dienone is 2. The normalized spacial score (nSPS) is 48.6. The lowest BCUT2D eigenvalue weighted by atomic mass is 9.71. The van der Waals surface area contributed by atoms with Crippen LogP contribution in [0.3, 0.4) is 0 Å². The Morgan fingerprint density at radius 2 is 1.59 bits per heavy atom. The summed E-state index contributed by atoms with van der Waals surface area (Å²) in [6, 6.07) is 0. The van der Waals surface area contributed by atoms with Gasteiger partial charge in [0.2, 0.25) is 0 Å². The van der Waals surface area contributed by atoms with E-state index in [0.29, 0.717) is 43.3 Å². The standard InChI is InChI=1S/C48H73NO14/c1-11-25(2)42-28(5)17-18-47(62-42)23-34-20-33(61-47)16-15-27(4)41(26(3)13-12-14-32-24-55-45-40(50)29(6)19-35(46(51)58-34)48(32,45)52)59-38-21-36(53-9)43(30(7)56-38)60-39-22-37(54-10)44(63-49)31(8)57-39/h12-15,17-19,25-26,28,30-31,33-45,50,52H,11,16,20-24,49H2,1-10H3/b13-12+,27-15+,32-14+/t25?,26-,28-,30-,31-,33+,34-,35-,36-,37-,38-,39-,40+,41-,42+,43-,44-,45+,47+,48+/m0/s1. The number of aliphatic hydroxyl groups is 2. The molecular weight excluding hydrogens is 815 g/mol. The van der Waals surface area contributed by atoms with E-state index in [9.17, 15) is 15.0 Å². The van der Waals surface area contributed by atoms with Crippen molar-refractivity contribution in [3.05, 3.63) is 59.3 Å². The molecule has 7 rings (SSSR count). The average molecular weight is 888 g/mol. The Kier molecular flexibility index (Phi) is 15.6. The summed E-state index contributed by atoms with van der Waals surface area (Å²) in [6.07, 6.45) is 9.24. The van der Waals surface area contributed by atoms with Crippen LogP contribution in [0.25, 0.3) is 0 Å². The van der Waals surface area contributed by atoms with Gasteiger partial charge < -0.3 is 57.6 Å². The van der Waals surface area contributed by atoms with E-state index >= 15 is 0 Å². The van der Waals surface area contributed by atoms with Crippen LogP contribution in [0.4, 0.5) is 0 Å². The molecule has 0 aromatic carbocycles. The van der Waals surface area contributed by atoms with Gasteiger partial charge in [0.1, 0.15) is 42.0 Å². The lowest BCUT2D eigenvalue weighted by Crippen LogP contribution is -2.58. The molecule has 6 aliphatic heterocycles. The van der Waals surface area contributed by atoms with Crippen LogP contribution in [0.5, 0.6) is 0 Å². The number of hydrogen-bond acceptors (Lipinski definition) is 15. The summed E-state index contributed by atoms with van der Waals surface area (Å²) in [5.74, 6) is 2.99. The zero-order valence-electron chi connectivity index (χ0n) is 38.8. The largest absolute Gasteiger partial charge is 0.462 e. The van der Waals surface area contributed by atoms with Gasteiger partial charge in [-0.1, -0.05) is 70.6 Å². The highest BCUT2D eigenvalue weighted by atomic mass is 16.7. The molecule has 20 atom stereocenters. The van der Waals surface area contributed by atoms with E-state index < -0.39 is 78.6 Å². The van der Waals surface area contributed by atoms with Crippen molar-refractivity contribution in [3.63, 3.8) is 0 Å². The van der Waals surface area contributed by atoms with Gasteiger partial charge in [0.05, 0.1) is 49.3 Å². The molecule has 0 aromatic rings. The van der Waals surface area contributed by atoms with E-state index in [-0.39, 0.29) is 54.9 Å². The molecule has 63 heavy (non-hydrogen) atoms. The second-order valence-corrected chi connectivity index (χ2v) is 19.1. The number of hydrogen-bond donors (Lipinski definition) is 3. The molecule has 4 saturated heterocycles. The van der Waals surface area contributed by atoms with Crippen LogP contribution in [0.2, 0.25) is 0 Å². The molecule has 0 amide bonds. The van der Waals surface area contributed by atoms with E-state index in [1.165, 1.54) is 0 Å². The summed E-state index contributed by atoms with van der Waals surface area (Å²) in [5, 5.41) is 23.7. The Balaban J connectivity index is 1.18. The lowest BCUT2D eigenvalue weighted by Gasteiger charge is -2.48. The first-order valence-electron chi connectivity index (χ1n) is 23.1. The molecule has 2 bridgehead atoms. The number of carbonyl (C=O) groups is 1. The molecule has 15 heteroatoms. The highest BCUT2D eigenvalue weighted by Crippen LogP contribution is 2.47. The maximum atomic E-state index is 14.4. The monoisotopic (exact) mass is 888 g/mol. The smallest absolute Gasteiger partial charge is 0.316 e. The van der Waals surface area contributed by atoms with Crippen molar-refractivity contribution in [1.29, 1.82) is 0 Å². The van der Waals surface area contributed by atoms with Gasteiger partial charge in [-0.25, -0.2) is 5.90 Å². The molecular formula is C48H73NO14. The number of nitrogens with two attached hydrogens (primary N) is 1. The summed E-state index contributed by atoms with van der Waals surface area (Å²) in [7, 11) is 3.27. The Morgan fingerprint density at radius 1 is 0.905 bits per heavy atom. The van der Waals surface area contributed by atoms with Crippen molar-refractivity contribution < 1.29 is 67.2 Å². The van der Waals surface area contributed by atoms with Crippen molar-refractivity contribution in [2.75, 3.05) is 20.8 Å². The Hall–Kier alpha value is -2.35. The topological polar surface area (TPSA) is 185 Å². The minimum atomic E-state index is -1.84. The maximum Gasteiger partial charge on any atom is 0.316 e. The first kappa shape index (κ1) is 48.6. The van der Waals surface area contributed by atoms with Crippen LogP contribution < -0.4 is 5.90 Å². The number of rotatable bonds is 9. The predicted octanol–water partition coefficient (Wildman–Crippen LogP) is 5.28. The van der Waals surface area contributed by atoms with Crippen molar-refractivity contribution in [2.24, 2.45) is 29.6 Å². The number of aliphatic hydroxyl groups excluding tert-OH is 1. The minimum absolute atomic E-state index is 0.0325. The van der Waals surface area contributed by atoms with E-state index in [4.69, 9.17) is 58.1 Å². The second kappa shape index (κ2) is 20.3. The predicted molar refractivity (Wildman–Crippen MR) is 230 cm³/mol. The molecule has 1 aliphatic carbocycles. The van der Waals surface area contributed by atoms with Crippen LogP contribution in [-0.2, 0) is 57.0 Å². The van der Waals surface area contributed by atoms with E-state index in [1.54, 1.807) is 33.3 Å². The highest BCUT2D eigenvalue weighted by Gasteiger charge is 2.60. The van der Waals surface area contributed by atoms with Crippen molar-refractivity contribution in [3.8, 4) is 0 Å². The van der Waals surface area contributed by atoms with Crippen LogP contribution in [-0.4, -0.2) is 134 Å². The summed E-state index contributed by atoms with van der Waals surface area (Å²) in [5.41, 5.74) is 0.139. The molecule has 354 valence electrons. The average Bonchev–Trinajstić information content (AvgIpc) is 3.60. The molecule has 1 unspecified atom stereocenters. The zero-order chi connectivity index (χ0) is 45.4. The first-order chi connectivity index (χ1) is 30.0.